The molecule has 6 heteroatoms. The highest BCUT2D eigenvalue weighted by molar-refractivity contribution is 5.93. The van der Waals surface area contributed by atoms with Crippen molar-refractivity contribution in [3.8, 4) is 5.88 Å². The lowest BCUT2D eigenvalue weighted by Gasteiger charge is -2.04. The van der Waals surface area contributed by atoms with Gasteiger partial charge in [-0.1, -0.05) is 0 Å². The van der Waals surface area contributed by atoms with Gasteiger partial charge in [0.05, 0.1) is 11.0 Å². The van der Waals surface area contributed by atoms with E-state index in [0.717, 1.165) is 10.8 Å². The van der Waals surface area contributed by atoms with Gasteiger partial charge in [-0.2, -0.15) is 0 Å². The van der Waals surface area contributed by atoms with Crippen LogP contribution in [0.25, 0.3) is 21.8 Å². The molecule has 0 saturated carbocycles. The highest BCUT2D eigenvalue weighted by atomic mass is 16.5. The topological polar surface area (TPSA) is 77.9 Å². The Morgan fingerprint density at radius 1 is 0.826 bits per heavy atom. The molecule has 0 amide bonds. The highest BCUT2D eigenvalue weighted by Crippen LogP contribution is 2.17. The summed E-state index contributed by atoms with van der Waals surface area (Å²) < 4.78 is 5.28. The van der Waals surface area contributed by atoms with Gasteiger partial charge in [-0.15, -0.1) is 0 Å². The molecule has 110 valence electrons. The van der Waals surface area contributed by atoms with E-state index in [9.17, 15) is 4.79 Å². The Kier molecular flexibility index (Phi) is 3.12. The van der Waals surface area contributed by atoms with Crippen molar-refractivity contribution >= 4 is 27.8 Å². The van der Waals surface area contributed by atoms with Gasteiger partial charge in [0.1, 0.15) is 0 Å². The zero-order chi connectivity index (χ0) is 15.6. The van der Waals surface area contributed by atoms with Crippen LogP contribution in [0.5, 0.6) is 5.88 Å². The van der Waals surface area contributed by atoms with Gasteiger partial charge in [-0.3, -0.25) is 9.97 Å². The Hall–Kier alpha value is -3.41. The van der Waals surface area contributed by atoms with Gasteiger partial charge in [-0.05, 0) is 30.3 Å². The first-order valence-corrected chi connectivity index (χ1v) is 6.93. The van der Waals surface area contributed by atoms with Crippen LogP contribution in [0.2, 0.25) is 0 Å². The zero-order valence-electron chi connectivity index (χ0n) is 11.9. The predicted octanol–water partition coefficient (Wildman–Crippen LogP) is 2.79. The fourth-order valence-corrected chi connectivity index (χ4v) is 2.23. The van der Waals surface area contributed by atoms with Gasteiger partial charge in [0.15, 0.2) is 5.69 Å². The molecule has 0 saturated heterocycles. The molecule has 6 nitrogen and oxygen atoms in total. The van der Waals surface area contributed by atoms with Gasteiger partial charge in [-0.25, -0.2) is 14.8 Å². The third kappa shape index (κ3) is 2.57. The molecule has 0 bridgehead atoms. The van der Waals surface area contributed by atoms with Crippen LogP contribution in [-0.4, -0.2) is 25.9 Å². The summed E-state index contributed by atoms with van der Waals surface area (Å²) in [5.41, 5.74) is 1.57. The SMILES string of the molecule is O=C(Oc1cc2ncccc2cn1)c1cc2ncccc2cn1. The van der Waals surface area contributed by atoms with Crippen molar-refractivity contribution in [2.75, 3.05) is 0 Å². The lowest BCUT2D eigenvalue weighted by atomic mass is 10.2. The Bertz CT molecular complexity index is 1030. The second-order valence-corrected chi connectivity index (χ2v) is 4.87. The normalized spacial score (nSPS) is 10.8. The minimum absolute atomic E-state index is 0.180. The molecule has 0 N–H and O–H groups in total. The van der Waals surface area contributed by atoms with Crippen LogP contribution in [0.4, 0.5) is 0 Å². The molecule has 4 aromatic heterocycles. The van der Waals surface area contributed by atoms with Crippen LogP contribution in [0.15, 0.2) is 61.2 Å². The van der Waals surface area contributed by atoms with Crippen LogP contribution in [0.3, 0.4) is 0 Å². The number of carbonyl (C=O) groups is 1. The third-order valence-corrected chi connectivity index (χ3v) is 3.36. The standard InChI is InChI=1S/C17H10N4O2/c22-17(15-7-13-11(9-20-15)3-1-5-18-13)23-16-8-14-12(10-21-16)4-2-6-19-14/h1-10H. The first-order chi connectivity index (χ1) is 11.3. The van der Waals surface area contributed by atoms with Crippen molar-refractivity contribution in [2.45, 2.75) is 0 Å². The number of hydrogen-bond donors (Lipinski definition) is 0. The van der Waals surface area contributed by atoms with Crippen LogP contribution >= 0.6 is 0 Å². The summed E-state index contributed by atoms with van der Waals surface area (Å²) in [6, 6.07) is 10.6. The lowest BCUT2D eigenvalue weighted by molar-refractivity contribution is 0.0722. The van der Waals surface area contributed by atoms with E-state index in [4.69, 9.17) is 4.74 Å². The molecule has 4 aromatic rings. The van der Waals surface area contributed by atoms with Gasteiger partial charge >= 0.3 is 5.97 Å². The molecule has 4 heterocycles. The third-order valence-electron chi connectivity index (χ3n) is 3.36. The minimum atomic E-state index is -0.583. The summed E-state index contributed by atoms with van der Waals surface area (Å²) in [4.78, 5) is 28.8. The van der Waals surface area contributed by atoms with E-state index in [-0.39, 0.29) is 11.6 Å². The van der Waals surface area contributed by atoms with Crippen molar-refractivity contribution < 1.29 is 9.53 Å². The summed E-state index contributed by atoms with van der Waals surface area (Å²) in [6.07, 6.45) is 6.53. The quantitative estimate of drug-likeness (QED) is 0.530. The Balaban J connectivity index is 1.64. The van der Waals surface area contributed by atoms with Crippen molar-refractivity contribution in [2.24, 2.45) is 0 Å². The first kappa shape index (κ1) is 13.3. The van der Waals surface area contributed by atoms with Crippen molar-refractivity contribution in [3.05, 3.63) is 66.9 Å². The number of fused-ring (bicyclic) bond motifs is 2. The maximum absolute atomic E-state index is 12.2. The molecule has 0 aliphatic carbocycles. The van der Waals surface area contributed by atoms with E-state index in [1.165, 1.54) is 0 Å². The number of esters is 1. The number of nitrogens with zero attached hydrogens (tertiary/aromatic N) is 4. The Morgan fingerprint density at radius 2 is 1.48 bits per heavy atom. The molecule has 0 spiro atoms. The second-order valence-electron chi connectivity index (χ2n) is 4.87. The average Bonchev–Trinajstić information content (AvgIpc) is 2.61. The molecule has 0 aromatic carbocycles. The number of pyridine rings is 4. The van der Waals surface area contributed by atoms with Crippen molar-refractivity contribution in [1.82, 2.24) is 19.9 Å². The molecule has 0 aliphatic heterocycles. The Labute approximate surface area is 130 Å². The maximum Gasteiger partial charge on any atom is 0.363 e. The lowest BCUT2D eigenvalue weighted by Crippen LogP contribution is -2.11. The molecule has 4 rings (SSSR count). The summed E-state index contributed by atoms with van der Waals surface area (Å²) in [6.45, 7) is 0. The van der Waals surface area contributed by atoms with Gasteiger partial charge in [0.2, 0.25) is 5.88 Å². The number of hydrogen-bond acceptors (Lipinski definition) is 6. The number of aromatic nitrogens is 4. The summed E-state index contributed by atoms with van der Waals surface area (Å²) >= 11 is 0. The summed E-state index contributed by atoms with van der Waals surface area (Å²) in [7, 11) is 0. The molecule has 23 heavy (non-hydrogen) atoms. The molecular formula is C17H10N4O2. The fraction of sp³-hybridized carbons (Fsp3) is 0. The largest absolute Gasteiger partial charge is 0.403 e. The summed E-state index contributed by atoms with van der Waals surface area (Å²) in [5.74, 6) is -0.399. The van der Waals surface area contributed by atoms with Crippen molar-refractivity contribution in [3.63, 3.8) is 0 Å². The number of ether oxygens (including phenoxy) is 1. The zero-order valence-corrected chi connectivity index (χ0v) is 11.9. The van der Waals surface area contributed by atoms with Gasteiger partial charge in [0.25, 0.3) is 0 Å². The van der Waals surface area contributed by atoms with Crippen LogP contribution in [-0.2, 0) is 0 Å². The van der Waals surface area contributed by atoms with E-state index in [1.807, 2.05) is 24.3 Å². The van der Waals surface area contributed by atoms with Crippen LogP contribution in [0, 0.1) is 0 Å². The van der Waals surface area contributed by atoms with E-state index in [1.54, 1.807) is 36.9 Å². The Morgan fingerprint density at radius 3 is 2.22 bits per heavy atom. The highest BCUT2D eigenvalue weighted by Gasteiger charge is 2.12. The second kappa shape index (κ2) is 5.42. The molecule has 0 aliphatic rings. The predicted molar refractivity (Wildman–Crippen MR) is 84.0 cm³/mol. The molecule has 0 atom stereocenters. The van der Waals surface area contributed by atoms with Gasteiger partial charge in [0, 0.05) is 41.6 Å². The molecular weight excluding hydrogens is 292 g/mol. The molecule has 0 fully saturated rings. The fourth-order valence-electron chi connectivity index (χ4n) is 2.23. The number of rotatable bonds is 2. The molecule has 0 unspecified atom stereocenters. The van der Waals surface area contributed by atoms with Crippen molar-refractivity contribution in [1.29, 1.82) is 0 Å². The van der Waals surface area contributed by atoms with E-state index >= 15 is 0 Å². The van der Waals surface area contributed by atoms with Gasteiger partial charge < -0.3 is 4.74 Å². The molecule has 0 radical (unpaired) electrons. The van der Waals surface area contributed by atoms with E-state index in [2.05, 4.69) is 19.9 Å². The average molecular weight is 302 g/mol. The first-order valence-electron chi connectivity index (χ1n) is 6.93. The summed E-state index contributed by atoms with van der Waals surface area (Å²) in [5, 5.41) is 1.73. The number of carbonyl (C=O) groups excluding carboxylic acids is 1. The van der Waals surface area contributed by atoms with E-state index in [0.29, 0.717) is 11.0 Å². The van der Waals surface area contributed by atoms with Crippen LogP contribution in [0.1, 0.15) is 10.5 Å². The minimum Gasteiger partial charge on any atom is -0.403 e. The van der Waals surface area contributed by atoms with E-state index < -0.39 is 5.97 Å². The van der Waals surface area contributed by atoms with Crippen LogP contribution < -0.4 is 4.74 Å². The maximum atomic E-state index is 12.2. The smallest absolute Gasteiger partial charge is 0.363 e. The monoisotopic (exact) mass is 302 g/mol.